The summed E-state index contributed by atoms with van der Waals surface area (Å²) in [5.74, 6) is -0.494. The van der Waals surface area contributed by atoms with Crippen LogP contribution in [-0.4, -0.2) is 23.0 Å². The van der Waals surface area contributed by atoms with E-state index in [4.69, 9.17) is 5.73 Å². The average molecular weight is 167 g/mol. The number of esters is 1. The number of hydrogen-bond acceptors (Lipinski definition) is 5. The SMILES string of the molecule is COC(=O)c1cnc(CN)cn1. The first-order chi connectivity index (χ1) is 5.77. The second-order valence-corrected chi connectivity index (χ2v) is 2.09. The van der Waals surface area contributed by atoms with Crippen molar-refractivity contribution in [2.45, 2.75) is 6.54 Å². The fraction of sp³-hybridized carbons (Fsp3) is 0.286. The second kappa shape index (κ2) is 3.77. The molecule has 1 heterocycles. The highest BCUT2D eigenvalue weighted by molar-refractivity contribution is 5.86. The van der Waals surface area contributed by atoms with Gasteiger partial charge in [-0.2, -0.15) is 0 Å². The highest BCUT2D eigenvalue weighted by Gasteiger charge is 2.06. The molecule has 0 fully saturated rings. The van der Waals surface area contributed by atoms with Crippen molar-refractivity contribution < 1.29 is 9.53 Å². The first kappa shape index (κ1) is 8.61. The predicted octanol–water partition coefficient (Wildman–Crippen LogP) is -0.278. The molecule has 1 rings (SSSR count). The highest BCUT2D eigenvalue weighted by atomic mass is 16.5. The molecular weight excluding hydrogens is 158 g/mol. The lowest BCUT2D eigenvalue weighted by atomic mass is 10.4. The quantitative estimate of drug-likeness (QED) is 0.613. The summed E-state index contributed by atoms with van der Waals surface area (Å²) in [6.45, 7) is 0.314. The normalized spacial score (nSPS) is 9.50. The molecule has 0 amide bonds. The van der Waals surface area contributed by atoms with E-state index in [1.54, 1.807) is 0 Å². The standard InChI is InChI=1S/C7H9N3O2/c1-12-7(11)6-4-9-5(2-8)3-10-6/h3-4H,2,8H2,1H3. The van der Waals surface area contributed by atoms with Gasteiger partial charge in [0.05, 0.1) is 25.2 Å². The molecule has 2 N–H and O–H groups in total. The molecule has 5 nitrogen and oxygen atoms in total. The lowest BCUT2D eigenvalue weighted by Gasteiger charge is -1.97. The van der Waals surface area contributed by atoms with Crippen LogP contribution in [-0.2, 0) is 11.3 Å². The Morgan fingerprint density at radius 1 is 1.58 bits per heavy atom. The minimum absolute atomic E-state index is 0.190. The number of carbonyl (C=O) groups is 1. The number of carbonyl (C=O) groups excluding carboxylic acids is 1. The van der Waals surface area contributed by atoms with Gasteiger partial charge in [0.1, 0.15) is 0 Å². The minimum Gasteiger partial charge on any atom is -0.464 e. The molecule has 0 radical (unpaired) electrons. The third kappa shape index (κ3) is 1.76. The first-order valence-corrected chi connectivity index (χ1v) is 3.37. The lowest BCUT2D eigenvalue weighted by molar-refractivity contribution is 0.0593. The average Bonchev–Trinajstić information content (AvgIpc) is 2.17. The van der Waals surface area contributed by atoms with E-state index in [1.165, 1.54) is 19.5 Å². The number of ether oxygens (including phenoxy) is 1. The van der Waals surface area contributed by atoms with Gasteiger partial charge in [-0.25, -0.2) is 9.78 Å². The molecule has 0 aromatic carbocycles. The zero-order valence-corrected chi connectivity index (χ0v) is 6.65. The molecule has 0 aliphatic rings. The van der Waals surface area contributed by atoms with Crippen LogP contribution >= 0.6 is 0 Å². The number of nitrogens with zero attached hydrogens (tertiary/aromatic N) is 2. The summed E-state index contributed by atoms with van der Waals surface area (Å²) in [5.41, 5.74) is 6.12. The van der Waals surface area contributed by atoms with Crippen molar-refractivity contribution in [3.05, 3.63) is 23.8 Å². The van der Waals surface area contributed by atoms with Gasteiger partial charge in [0.15, 0.2) is 5.69 Å². The Morgan fingerprint density at radius 2 is 2.33 bits per heavy atom. The fourth-order valence-electron chi connectivity index (χ4n) is 0.670. The summed E-state index contributed by atoms with van der Waals surface area (Å²) in [7, 11) is 1.29. The van der Waals surface area contributed by atoms with Crippen molar-refractivity contribution in [3.63, 3.8) is 0 Å². The predicted molar refractivity (Wildman–Crippen MR) is 41.3 cm³/mol. The molecule has 0 bridgehead atoms. The monoisotopic (exact) mass is 167 g/mol. The zero-order chi connectivity index (χ0) is 8.97. The summed E-state index contributed by atoms with van der Waals surface area (Å²) in [5, 5.41) is 0. The summed E-state index contributed by atoms with van der Waals surface area (Å²) >= 11 is 0. The summed E-state index contributed by atoms with van der Waals surface area (Å²) in [4.78, 5) is 18.5. The van der Waals surface area contributed by atoms with E-state index >= 15 is 0 Å². The molecule has 12 heavy (non-hydrogen) atoms. The molecular formula is C7H9N3O2. The molecule has 1 aromatic rings. The molecule has 0 saturated carbocycles. The molecule has 64 valence electrons. The van der Waals surface area contributed by atoms with Gasteiger partial charge in [-0.05, 0) is 0 Å². The largest absolute Gasteiger partial charge is 0.464 e. The highest BCUT2D eigenvalue weighted by Crippen LogP contribution is 1.95. The molecule has 0 atom stereocenters. The Hall–Kier alpha value is -1.49. The summed E-state index contributed by atoms with van der Waals surface area (Å²) in [6.07, 6.45) is 2.79. The van der Waals surface area contributed by atoms with Crippen LogP contribution in [0, 0.1) is 0 Å². The third-order valence-electron chi connectivity index (χ3n) is 1.31. The molecule has 0 unspecified atom stereocenters. The maximum Gasteiger partial charge on any atom is 0.358 e. The minimum atomic E-state index is -0.494. The Morgan fingerprint density at radius 3 is 2.75 bits per heavy atom. The fourth-order valence-corrected chi connectivity index (χ4v) is 0.670. The van der Waals surface area contributed by atoms with Gasteiger partial charge in [-0.3, -0.25) is 4.98 Å². The summed E-state index contributed by atoms with van der Waals surface area (Å²) in [6, 6.07) is 0. The Labute approximate surface area is 69.6 Å². The van der Waals surface area contributed by atoms with E-state index < -0.39 is 5.97 Å². The zero-order valence-electron chi connectivity index (χ0n) is 6.65. The number of aromatic nitrogens is 2. The van der Waals surface area contributed by atoms with Gasteiger partial charge in [-0.1, -0.05) is 0 Å². The van der Waals surface area contributed by atoms with E-state index in [1.807, 2.05) is 0 Å². The maximum atomic E-state index is 10.9. The van der Waals surface area contributed by atoms with Crippen LogP contribution in [0.1, 0.15) is 16.2 Å². The lowest BCUT2D eigenvalue weighted by Crippen LogP contribution is -2.07. The van der Waals surface area contributed by atoms with Crippen LogP contribution < -0.4 is 5.73 Å². The molecule has 0 aliphatic heterocycles. The van der Waals surface area contributed by atoms with Gasteiger partial charge in [0.25, 0.3) is 0 Å². The molecule has 5 heteroatoms. The molecule has 0 spiro atoms. The van der Waals surface area contributed by atoms with Crippen LogP contribution in [0.2, 0.25) is 0 Å². The van der Waals surface area contributed by atoms with Gasteiger partial charge < -0.3 is 10.5 Å². The van der Waals surface area contributed by atoms with Crippen LogP contribution in [0.4, 0.5) is 0 Å². The maximum absolute atomic E-state index is 10.9. The van der Waals surface area contributed by atoms with Crippen molar-refractivity contribution in [1.29, 1.82) is 0 Å². The van der Waals surface area contributed by atoms with Gasteiger partial charge >= 0.3 is 5.97 Å². The van der Waals surface area contributed by atoms with Gasteiger partial charge in [-0.15, -0.1) is 0 Å². The van der Waals surface area contributed by atoms with Gasteiger partial charge in [0, 0.05) is 6.54 Å². The number of hydrogen-bond donors (Lipinski definition) is 1. The molecule has 1 aromatic heterocycles. The molecule has 0 aliphatic carbocycles. The van der Waals surface area contributed by atoms with E-state index in [0.717, 1.165) is 0 Å². The van der Waals surface area contributed by atoms with Crippen molar-refractivity contribution >= 4 is 5.97 Å². The smallest absolute Gasteiger partial charge is 0.358 e. The van der Waals surface area contributed by atoms with Crippen LogP contribution in [0.3, 0.4) is 0 Å². The van der Waals surface area contributed by atoms with Crippen molar-refractivity contribution in [1.82, 2.24) is 9.97 Å². The Kier molecular flexibility index (Phi) is 2.71. The van der Waals surface area contributed by atoms with E-state index in [9.17, 15) is 4.79 Å². The number of rotatable bonds is 2. The number of methoxy groups -OCH3 is 1. The van der Waals surface area contributed by atoms with E-state index in [-0.39, 0.29) is 5.69 Å². The summed E-state index contributed by atoms with van der Waals surface area (Å²) < 4.78 is 4.44. The van der Waals surface area contributed by atoms with Crippen LogP contribution in [0.15, 0.2) is 12.4 Å². The Bertz CT molecular complexity index is 270. The Balaban J connectivity index is 2.84. The van der Waals surface area contributed by atoms with Gasteiger partial charge in [0.2, 0.25) is 0 Å². The van der Waals surface area contributed by atoms with E-state index in [2.05, 4.69) is 14.7 Å². The van der Waals surface area contributed by atoms with Crippen LogP contribution in [0.5, 0.6) is 0 Å². The third-order valence-corrected chi connectivity index (χ3v) is 1.31. The topological polar surface area (TPSA) is 78.1 Å². The van der Waals surface area contributed by atoms with Crippen molar-refractivity contribution in [2.75, 3.05) is 7.11 Å². The second-order valence-electron chi connectivity index (χ2n) is 2.09. The molecule has 0 saturated heterocycles. The first-order valence-electron chi connectivity index (χ1n) is 3.37. The van der Waals surface area contributed by atoms with Crippen LogP contribution in [0.25, 0.3) is 0 Å². The van der Waals surface area contributed by atoms with Crippen molar-refractivity contribution in [3.8, 4) is 0 Å². The van der Waals surface area contributed by atoms with E-state index in [0.29, 0.717) is 12.2 Å². The van der Waals surface area contributed by atoms with Crippen molar-refractivity contribution in [2.24, 2.45) is 5.73 Å². The number of nitrogens with two attached hydrogens (primary N) is 1.